The van der Waals surface area contributed by atoms with E-state index in [1.807, 2.05) is 0 Å². The van der Waals surface area contributed by atoms with Gasteiger partial charge in [-0.15, -0.1) is 0 Å². The molecule has 3 heteroatoms. The second-order valence-electron chi connectivity index (χ2n) is 7.20. The lowest BCUT2D eigenvalue weighted by molar-refractivity contribution is 0.207. The molecule has 1 aliphatic rings. The van der Waals surface area contributed by atoms with Crippen molar-refractivity contribution < 1.29 is 0 Å². The second kappa shape index (κ2) is 6.30. The lowest BCUT2D eigenvalue weighted by Gasteiger charge is -2.32. The van der Waals surface area contributed by atoms with Crippen molar-refractivity contribution in [3.63, 3.8) is 0 Å². The Morgan fingerprint density at radius 1 is 1.15 bits per heavy atom. The van der Waals surface area contributed by atoms with Crippen LogP contribution in [0.2, 0.25) is 0 Å². The van der Waals surface area contributed by atoms with Crippen molar-refractivity contribution >= 4 is 0 Å². The third kappa shape index (κ3) is 3.43. The first kappa shape index (κ1) is 15.6. The average molecular weight is 277 g/mol. The van der Waals surface area contributed by atoms with Crippen molar-refractivity contribution in [3.8, 4) is 0 Å². The van der Waals surface area contributed by atoms with Gasteiger partial charge in [0.25, 0.3) is 0 Å². The third-order valence-electron chi connectivity index (χ3n) is 4.66. The van der Waals surface area contributed by atoms with Gasteiger partial charge in [-0.2, -0.15) is 5.10 Å². The third-order valence-corrected chi connectivity index (χ3v) is 4.66. The molecule has 0 aliphatic heterocycles. The number of nitrogens with zero attached hydrogens (tertiary/aromatic N) is 2. The lowest BCUT2D eigenvalue weighted by Crippen LogP contribution is -2.25. The van der Waals surface area contributed by atoms with Crippen molar-refractivity contribution in [2.24, 2.45) is 11.8 Å². The summed E-state index contributed by atoms with van der Waals surface area (Å²) in [5.41, 5.74) is 3.95. The molecule has 1 N–H and O–H groups in total. The molecule has 1 fully saturated rings. The van der Waals surface area contributed by atoms with Gasteiger partial charge in [0.15, 0.2) is 0 Å². The van der Waals surface area contributed by atoms with Crippen LogP contribution in [0.15, 0.2) is 0 Å². The normalized spacial score (nSPS) is 27.2. The lowest BCUT2D eigenvalue weighted by atomic mass is 9.80. The average Bonchev–Trinajstić information content (AvgIpc) is 2.61. The van der Waals surface area contributed by atoms with Gasteiger partial charge in [0.1, 0.15) is 0 Å². The van der Waals surface area contributed by atoms with E-state index in [9.17, 15) is 0 Å². The largest absolute Gasteiger partial charge is 0.310 e. The Bertz CT molecular complexity index is 437. The van der Waals surface area contributed by atoms with Gasteiger partial charge in [-0.3, -0.25) is 4.68 Å². The van der Waals surface area contributed by atoms with Crippen molar-refractivity contribution in [2.45, 2.75) is 79.4 Å². The van der Waals surface area contributed by atoms with Crippen LogP contribution in [0.3, 0.4) is 0 Å². The molecule has 1 aliphatic carbocycles. The zero-order valence-electron chi connectivity index (χ0n) is 14.0. The summed E-state index contributed by atoms with van der Waals surface area (Å²) in [5, 5.41) is 8.38. The molecule has 2 unspecified atom stereocenters. The molecule has 1 aromatic rings. The molecule has 0 radical (unpaired) electrons. The summed E-state index contributed by atoms with van der Waals surface area (Å²) >= 11 is 0. The van der Waals surface area contributed by atoms with Crippen LogP contribution < -0.4 is 5.32 Å². The van der Waals surface area contributed by atoms with E-state index in [1.54, 1.807) is 0 Å². The minimum atomic E-state index is 0.520. The Kier molecular flexibility index (Phi) is 4.90. The van der Waals surface area contributed by atoms with Crippen LogP contribution in [0, 0.1) is 25.7 Å². The Labute approximate surface area is 124 Å². The first-order valence-electron chi connectivity index (χ1n) is 8.16. The Hall–Kier alpha value is -0.830. The topological polar surface area (TPSA) is 29.9 Å². The van der Waals surface area contributed by atoms with Crippen LogP contribution in [0.4, 0.5) is 0 Å². The van der Waals surface area contributed by atoms with Crippen molar-refractivity contribution in [1.29, 1.82) is 0 Å². The number of nitrogens with one attached hydrogen (secondary N) is 1. The maximum Gasteiger partial charge on any atom is 0.0641 e. The van der Waals surface area contributed by atoms with E-state index < -0.39 is 0 Å². The fourth-order valence-corrected chi connectivity index (χ4v) is 3.72. The molecular weight excluding hydrogens is 246 g/mol. The molecule has 0 saturated heterocycles. The monoisotopic (exact) mass is 277 g/mol. The summed E-state index contributed by atoms with van der Waals surface area (Å²) < 4.78 is 2.32. The molecule has 1 heterocycles. The minimum absolute atomic E-state index is 0.520. The summed E-state index contributed by atoms with van der Waals surface area (Å²) in [5.74, 6) is 1.65. The van der Waals surface area contributed by atoms with Crippen LogP contribution in [0.1, 0.15) is 70.0 Å². The van der Waals surface area contributed by atoms with E-state index in [0.29, 0.717) is 12.1 Å². The van der Waals surface area contributed by atoms with E-state index in [4.69, 9.17) is 5.10 Å². The predicted molar refractivity (Wildman–Crippen MR) is 84.9 cm³/mol. The van der Waals surface area contributed by atoms with Crippen molar-refractivity contribution in [1.82, 2.24) is 15.1 Å². The van der Waals surface area contributed by atoms with E-state index >= 15 is 0 Å². The van der Waals surface area contributed by atoms with Gasteiger partial charge in [-0.1, -0.05) is 27.7 Å². The molecule has 0 bridgehead atoms. The highest BCUT2D eigenvalue weighted by Crippen LogP contribution is 2.36. The van der Waals surface area contributed by atoms with Gasteiger partial charge in [-0.25, -0.2) is 0 Å². The standard InChI is InChI=1S/C17H31N3/c1-11(2)18-10-17-14(5)19-20(15(17)6)16-8-12(3)7-13(4)9-16/h11-13,16,18H,7-10H2,1-6H3. The highest BCUT2D eigenvalue weighted by molar-refractivity contribution is 5.25. The van der Waals surface area contributed by atoms with Crippen LogP contribution >= 0.6 is 0 Å². The molecule has 2 atom stereocenters. The van der Waals surface area contributed by atoms with Gasteiger partial charge in [0.05, 0.1) is 11.7 Å². The summed E-state index contributed by atoms with van der Waals surface area (Å²) in [6.07, 6.45) is 3.93. The Balaban J connectivity index is 2.18. The van der Waals surface area contributed by atoms with Gasteiger partial charge < -0.3 is 5.32 Å². The first-order valence-corrected chi connectivity index (χ1v) is 8.16. The quantitative estimate of drug-likeness (QED) is 0.901. The van der Waals surface area contributed by atoms with Gasteiger partial charge in [-0.05, 0) is 44.9 Å². The molecule has 20 heavy (non-hydrogen) atoms. The number of aryl methyl sites for hydroxylation is 1. The maximum absolute atomic E-state index is 4.86. The summed E-state index contributed by atoms with van der Waals surface area (Å²) in [4.78, 5) is 0. The second-order valence-corrected chi connectivity index (χ2v) is 7.20. The molecule has 0 aromatic carbocycles. The fourth-order valence-electron chi connectivity index (χ4n) is 3.72. The first-order chi connectivity index (χ1) is 9.38. The van der Waals surface area contributed by atoms with Crippen LogP contribution in [0.5, 0.6) is 0 Å². The van der Waals surface area contributed by atoms with Gasteiger partial charge in [0.2, 0.25) is 0 Å². The van der Waals surface area contributed by atoms with Crippen LogP contribution in [0.25, 0.3) is 0 Å². The molecule has 0 spiro atoms. The highest BCUT2D eigenvalue weighted by Gasteiger charge is 2.27. The van der Waals surface area contributed by atoms with Crippen molar-refractivity contribution in [2.75, 3.05) is 0 Å². The van der Waals surface area contributed by atoms with Crippen molar-refractivity contribution in [3.05, 3.63) is 17.0 Å². The molecule has 3 nitrogen and oxygen atoms in total. The molecule has 2 rings (SSSR count). The minimum Gasteiger partial charge on any atom is -0.310 e. The molecular formula is C17H31N3. The number of hydrogen-bond acceptors (Lipinski definition) is 2. The Morgan fingerprint density at radius 3 is 2.30 bits per heavy atom. The molecule has 114 valence electrons. The maximum atomic E-state index is 4.86. The zero-order chi connectivity index (χ0) is 14.9. The molecule has 1 saturated carbocycles. The zero-order valence-corrected chi connectivity index (χ0v) is 14.0. The van der Waals surface area contributed by atoms with E-state index in [2.05, 4.69) is 51.5 Å². The van der Waals surface area contributed by atoms with Gasteiger partial charge in [0, 0.05) is 23.8 Å². The number of hydrogen-bond donors (Lipinski definition) is 1. The Morgan fingerprint density at radius 2 is 1.75 bits per heavy atom. The van der Waals surface area contributed by atoms with Crippen LogP contribution in [-0.2, 0) is 6.54 Å². The molecule has 1 aromatic heterocycles. The summed E-state index contributed by atoms with van der Waals surface area (Å²) in [7, 11) is 0. The predicted octanol–water partition coefficient (Wildman–Crippen LogP) is 4.00. The number of rotatable bonds is 4. The molecule has 0 amide bonds. The SMILES string of the molecule is Cc1nn(C2CC(C)CC(C)C2)c(C)c1CNC(C)C. The fraction of sp³-hybridized carbons (Fsp3) is 0.824. The van der Waals surface area contributed by atoms with E-state index in [1.165, 1.54) is 36.2 Å². The smallest absolute Gasteiger partial charge is 0.0641 e. The summed E-state index contributed by atoms with van der Waals surface area (Å²) in [6.45, 7) is 14.5. The van der Waals surface area contributed by atoms with Gasteiger partial charge >= 0.3 is 0 Å². The van der Waals surface area contributed by atoms with Crippen LogP contribution in [-0.4, -0.2) is 15.8 Å². The highest BCUT2D eigenvalue weighted by atomic mass is 15.3. The van der Waals surface area contributed by atoms with E-state index in [0.717, 1.165) is 18.4 Å². The summed E-state index contributed by atoms with van der Waals surface area (Å²) in [6, 6.07) is 1.12. The van der Waals surface area contributed by atoms with E-state index in [-0.39, 0.29) is 0 Å². The number of aromatic nitrogens is 2.